The second-order valence-electron chi connectivity index (χ2n) is 16.8. The van der Waals surface area contributed by atoms with Crippen LogP contribution in [-0.4, -0.2) is 9.13 Å². The maximum Gasteiger partial charge on any atom is 0.127 e. The van der Waals surface area contributed by atoms with Crippen LogP contribution in [0.3, 0.4) is 0 Å². The van der Waals surface area contributed by atoms with Crippen LogP contribution in [0.1, 0.15) is 23.6 Å². The Morgan fingerprint density at radius 1 is 0.424 bits per heavy atom. The van der Waals surface area contributed by atoms with E-state index in [0.717, 1.165) is 45.5 Å². The van der Waals surface area contributed by atoms with E-state index in [-0.39, 0.29) is 0 Å². The van der Waals surface area contributed by atoms with Gasteiger partial charge in [-0.25, -0.2) is 0 Å². The van der Waals surface area contributed by atoms with Crippen molar-refractivity contribution in [2.45, 2.75) is 12.3 Å². The summed E-state index contributed by atoms with van der Waals surface area (Å²) in [5.74, 6) is 3.01. The smallest absolute Gasteiger partial charge is 0.127 e. The number of nitrogens with zero attached hydrogens (tertiary/aromatic N) is 2. The maximum absolute atomic E-state index is 6.55. The van der Waals surface area contributed by atoms with Crippen molar-refractivity contribution in [2.24, 2.45) is 0 Å². The van der Waals surface area contributed by atoms with E-state index in [4.69, 9.17) is 16.1 Å². The maximum atomic E-state index is 6.55. The molecular formula is C62H44N2O2. The molecule has 2 heterocycles. The molecule has 12 rings (SSSR count). The molecule has 4 heteroatoms. The first-order valence-electron chi connectivity index (χ1n) is 22.5. The van der Waals surface area contributed by atoms with Gasteiger partial charge in [0.1, 0.15) is 23.0 Å². The summed E-state index contributed by atoms with van der Waals surface area (Å²) in [6.07, 6.45) is 6.15. The van der Waals surface area contributed by atoms with Crippen molar-refractivity contribution in [3.63, 3.8) is 0 Å². The molecule has 0 fully saturated rings. The first-order chi connectivity index (χ1) is 32.6. The predicted molar refractivity (Wildman–Crippen MR) is 273 cm³/mol. The van der Waals surface area contributed by atoms with Gasteiger partial charge in [0.15, 0.2) is 0 Å². The molecule has 0 aliphatic heterocycles. The molecule has 4 nitrogen and oxygen atoms in total. The number of fused-ring (bicyclic) bond motifs is 9. The first-order valence-corrected chi connectivity index (χ1v) is 22.5. The number of aromatic nitrogens is 2. The molecule has 1 aliphatic rings. The minimum atomic E-state index is -0.658. The Bertz CT molecular complexity index is 3560. The van der Waals surface area contributed by atoms with Crippen LogP contribution in [0.4, 0.5) is 0 Å². The normalized spacial score (nSPS) is 13.1. The number of benzene rings is 9. The topological polar surface area (TPSA) is 28.3 Å². The molecule has 0 atom stereocenters. The molecule has 0 unspecified atom stereocenters. The number of ether oxygens (including phenoxy) is 2. The zero-order valence-corrected chi connectivity index (χ0v) is 36.4. The van der Waals surface area contributed by atoms with Crippen molar-refractivity contribution in [2.75, 3.05) is 0 Å². The third-order valence-corrected chi connectivity index (χ3v) is 13.3. The molecule has 11 aromatic rings. The zero-order valence-electron chi connectivity index (χ0n) is 36.4. The van der Waals surface area contributed by atoms with Crippen LogP contribution in [0, 0.1) is 0 Å². The van der Waals surface area contributed by atoms with Gasteiger partial charge >= 0.3 is 0 Å². The Kier molecular flexibility index (Phi) is 9.39. The van der Waals surface area contributed by atoms with E-state index in [1.807, 2.05) is 43.3 Å². The summed E-state index contributed by atoms with van der Waals surface area (Å²) in [4.78, 5) is 0. The van der Waals surface area contributed by atoms with E-state index in [0.29, 0.717) is 0 Å². The molecule has 9 aromatic carbocycles. The lowest BCUT2D eigenvalue weighted by Gasteiger charge is -2.34. The van der Waals surface area contributed by atoms with Gasteiger partial charge in [-0.3, -0.25) is 0 Å². The Hall–Kier alpha value is -8.60. The van der Waals surface area contributed by atoms with Gasteiger partial charge in [-0.1, -0.05) is 146 Å². The lowest BCUT2D eigenvalue weighted by atomic mass is 9.67. The third kappa shape index (κ3) is 6.22. The number of allylic oxidation sites excluding steroid dienone is 4. The van der Waals surface area contributed by atoms with Gasteiger partial charge < -0.3 is 18.6 Å². The first kappa shape index (κ1) is 39.0. The lowest BCUT2D eigenvalue weighted by Crippen LogP contribution is -2.28. The quantitative estimate of drug-likeness (QED) is 0.101. The van der Waals surface area contributed by atoms with Crippen molar-refractivity contribution >= 4 is 43.6 Å². The predicted octanol–water partition coefficient (Wildman–Crippen LogP) is 16.1. The highest BCUT2D eigenvalue weighted by atomic mass is 16.5. The number of para-hydroxylation sites is 4. The molecule has 0 spiro atoms. The monoisotopic (exact) mass is 848 g/mol. The van der Waals surface area contributed by atoms with Crippen LogP contribution in [0.2, 0.25) is 0 Å². The van der Waals surface area contributed by atoms with E-state index >= 15 is 0 Å². The molecule has 1 aliphatic carbocycles. The fraction of sp³-hybridized carbons (Fsp3) is 0.0323. The van der Waals surface area contributed by atoms with E-state index < -0.39 is 5.41 Å². The fourth-order valence-electron chi connectivity index (χ4n) is 10.3. The highest BCUT2D eigenvalue weighted by molar-refractivity contribution is 6.10. The Balaban J connectivity index is 0.837. The second-order valence-corrected chi connectivity index (χ2v) is 16.8. The van der Waals surface area contributed by atoms with Gasteiger partial charge in [0, 0.05) is 32.9 Å². The van der Waals surface area contributed by atoms with Crippen LogP contribution in [0.15, 0.2) is 255 Å². The molecule has 0 saturated carbocycles. The zero-order chi connectivity index (χ0) is 44.2. The van der Waals surface area contributed by atoms with Crippen molar-refractivity contribution in [3.05, 3.63) is 271 Å². The van der Waals surface area contributed by atoms with Crippen molar-refractivity contribution in [3.8, 4) is 39.8 Å². The van der Waals surface area contributed by atoms with Gasteiger partial charge in [-0.05, 0) is 137 Å². The van der Waals surface area contributed by atoms with E-state index in [9.17, 15) is 0 Å². The largest absolute Gasteiger partial charge is 0.458 e. The van der Waals surface area contributed by atoms with Crippen LogP contribution >= 0.6 is 0 Å². The molecule has 2 aromatic heterocycles. The molecule has 0 saturated heterocycles. The molecule has 0 radical (unpaired) electrons. The highest BCUT2D eigenvalue weighted by Crippen LogP contribution is 2.56. The van der Waals surface area contributed by atoms with Gasteiger partial charge in [0.25, 0.3) is 0 Å². The molecule has 0 amide bonds. The number of rotatable bonds is 10. The fourth-order valence-corrected chi connectivity index (χ4v) is 10.3. The van der Waals surface area contributed by atoms with Crippen LogP contribution in [-0.2, 0) is 5.41 Å². The summed E-state index contributed by atoms with van der Waals surface area (Å²) < 4.78 is 17.7. The Labute approximate surface area is 383 Å². The van der Waals surface area contributed by atoms with Gasteiger partial charge in [0.2, 0.25) is 0 Å². The number of hydrogen-bond acceptors (Lipinski definition) is 2. The Morgan fingerprint density at radius 3 is 1.24 bits per heavy atom. The summed E-state index contributed by atoms with van der Waals surface area (Å²) in [5.41, 5.74) is 13.1. The van der Waals surface area contributed by atoms with Crippen LogP contribution in [0.25, 0.3) is 66.1 Å². The third-order valence-electron chi connectivity index (χ3n) is 13.3. The summed E-state index contributed by atoms with van der Waals surface area (Å²) in [5, 5.41) is 4.96. The van der Waals surface area contributed by atoms with Crippen molar-refractivity contribution in [1.82, 2.24) is 9.13 Å². The van der Waals surface area contributed by atoms with E-state index in [1.165, 1.54) is 65.9 Å². The minimum Gasteiger partial charge on any atom is -0.458 e. The average molecular weight is 849 g/mol. The van der Waals surface area contributed by atoms with E-state index in [2.05, 4.69) is 209 Å². The molecule has 66 heavy (non-hydrogen) atoms. The van der Waals surface area contributed by atoms with Crippen LogP contribution < -0.4 is 9.47 Å². The summed E-state index contributed by atoms with van der Waals surface area (Å²) in [6, 6.07) is 76.9. The standard InChI is InChI=1S/C62H44N2O2/c1-3-46(65-48-38-31-44(32-39-48)63-58-24-12-6-18-52(58)53-19-7-13-25-59(53)63)35-28-42(2)62(56-22-10-4-16-50(56)51-17-5-11-23-57(51)62)43-29-36-47(37-30-43)66-49-40-33-45(34-41-49)64-60-26-14-8-20-54(60)55-21-9-15-27-61(55)64/h3-41H,2H2,1H3/b35-28-,46-3+. The van der Waals surface area contributed by atoms with Gasteiger partial charge in [-0.2, -0.15) is 0 Å². The lowest BCUT2D eigenvalue weighted by molar-refractivity contribution is 0.443. The molecule has 314 valence electrons. The highest BCUT2D eigenvalue weighted by Gasteiger charge is 2.45. The van der Waals surface area contributed by atoms with Gasteiger partial charge in [-0.15, -0.1) is 0 Å². The Morgan fingerprint density at radius 2 is 0.803 bits per heavy atom. The molecule has 0 bridgehead atoms. The summed E-state index contributed by atoms with van der Waals surface area (Å²) in [7, 11) is 0. The summed E-state index contributed by atoms with van der Waals surface area (Å²) >= 11 is 0. The van der Waals surface area contributed by atoms with E-state index in [1.54, 1.807) is 0 Å². The van der Waals surface area contributed by atoms with Gasteiger partial charge in [0.05, 0.1) is 27.5 Å². The SMILES string of the molecule is C=C(/C=C\C(=C/C)Oc1ccc(-n2c3ccccc3c3ccccc32)cc1)C1(c2ccc(Oc3ccc(-n4c5ccccc5c5ccccc54)cc3)cc2)c2ccccc2-c2ccccc21. The molecular weight excluding hydrogens is 805 g/mol. The minimum absolute atomic E-state index is 0.658. The van der Waals surface area contributed by atoms with Crippen molar-refractivity contribution in [1.29, 1.82) is 0 Å². The van der Waals surface area contributed by atoms with Crippen LogP contribution in [0.5, 0.6) is 17.2 Å². The molecule has 0 N–H and O–H groups in total. The summed E-state index contributed by atoms with van der Waals surface area (Å²) in [6.45, 7) is 6.84. The average Bonchev–Trinajstić information content (AvgIpc) is 4.01. The number of hydrogen-bond donors (Lipinski definition) is 0. The van der Waals surface area contributed by atoms with Crippen molar-refractivity contribution < 1.29 is 9.47 Å². The second kappa shape index (κ2) is 15.9.